The first-order chi connectivity index (χ1) is 9.61. The molecule has 2 N–H and O–H groups in total. The van der Waals surface area contributed by atoms with Crippen molar-refractivity contribution in [1.82, 2.24) is 20.4 Å². The van der Waals surface area contributed by atoms with Crippen LogP contribution in [0.5, 0.6) is 0 Å². The highest BCUT2D eigenvalue weighted by atomic mass is 16.5. The highest BCUT2D eigenvalue weighted by Gasteiger charge is 2.34. The van der Waals surface area contributed by atoms with Crippen molar-refractivity contribution in [3.05, 3.63) is 0 Å². The largest absolute Gasteiger partial charge is 0.379 e. The number of nitrogens with one attached hydrogen (secondary N) is 2. The Balaban J connectivity index is 1.79. The minimum absolute atomic E-state index is 0.0541. The third-order valence-electron chi connectivity index (χ3n) is 4.38. The van der Waals surface area contributed by atoms with E-state index in [1.807, 2.05) is 0 Å². The summed E-state index contributed by atoms with van der Waals surface area (Å²) < 4.78 is 5.43. The molecule has 2 aliphatic rings. The van der Waals surface area contributed by atoms with E-state index in [4.69, 9.17) is 4.74 Å². The Bertz CT molecular complexity index is 326. The number of carbonyl (C=O) groups is 1. The summed E-state index contributed by atoms with van der Waals surface area (Å²) >= 11 is 0. The van der Waals surface area contributed by atoms with Crippen LogP contribution in [0.3, 0.4) is 0 Å². The van der Waals surface area contributed by atoms with Gasteiger partial charge in [-0.25, -0.2) is 0 Å². The van der Waals surface area contributed by atoms with Gasteiger partial charge in [0.25, 0.3) is 0 Å². The summed E-state index contributed by atoms with van der Waals surface area (Å²) in [5, 5.41) is 6.43. The Morgan fingerprint density at radius 2 is 2.10 bits per heavy atom. The molecule has 0 bridgehead atoms. The van der Waals surface area contributed by atoms with Gasteiger partial charge in [-0.2, -0.15) is 0 Å². The highest BCUT2D eigenvalue weighted by molar-refractivity contribution is 5.79. The van der Waals surface area contributed by atoms with Crippen molar-refractivity contribution in [3.63, 3.8) is 0 Å². The Morgan fingerprint density at radius 3 is 2.85 bits per heavy atom. The van der Waals surface area contributed by atoms with Crippen LogP contribution in [0.4, 0.5) is 0 Å². The minimum atomic E-state index is -0.0541. The lowest BCUT2D eigenvalue weighted by Gasteiger charge is -2.37. The van der Waals surface area contributed by atoms with E-state index in [2.05, 4.69) is 41.5 Å². The normalized spacial score (nSPS) is 32.5. The van der Waals surface area contributed by atoms with Crippen molar-refractivity contribution >= 4 is 5.91 Å². The van der Waals surface area contributed by atoms with Crippen LogP contribution in [0.1, 0.15) is 6.92 Å². The maximum absolute atomic E-state index is 12.3. The van der Waals surface area contributed by atoms with E-state index in [0.29, 0.717) is 19.3 Å². The zero-order chi connectivity index (χ0) is 14.5. The molecular formula is C14H28N4O2. The van der Waals surface area contributed by atoms with Gasteiger partial charge in [0.15, 0.2) is 0 Å². The second-order valence-corrected chi connectivity index (χ2v) is 5.95. The lowest BCUT2D eigenvalue weighted by atomic mass is 10.0. The fourth-order valence-electron chi connectivity index (χ4n) is 2.95. The summed E-state index contributed by atoms with van der Waals surface area (Å²) in [7, 11) is 4.26. The third kappa shape index (κ3) is 3.91. The van der Waals surface area contributed by atoms with Gasteiger partial charge in [0.2, 0.25) is 5.91 Å². The quantitative estimate of drug-likeness (QED) is 0.676. The summed E-state index contributed by atoms with van der Waals surface area (Å²) in [4.78, 5) is 16.9. The molecule has 0 radical (unpaired) electrons. The summed E-state index contributed by atoms with van der Waals surface area (Å²) in [6, 6.07) is 0.560. The van der Waals surface area contributed by atoms with Crippen LogP contribution >= 0.6 is 0 Å². The molecule has 6 nitrogen and oxygen atoms in total. The number of ether oxygens (including phenoxy) is 1. The van der Waals surface area contributed by atoms with Crippen LogP contribution in [-0.4, -0.2) is 87.8 Å². The first-order valence-electron chi connectivity index (χ1n) is 7.59. The molecule has 2 aliphatic heterocycles. The van der Waals surface area contributed by atoms with E-state index in [1.54, 1.807) is 0 Å². The zero-order valence-corrected chi connectivity index (χ0v) is 12.9. The molecule has 0 aliphatic carbocycles. The molecule has 0 aromatic heterocycles. The van der Waals surface area contributed by atoms with Crippen molar-refractivity contribution in [3.8, 4) is 0 Å². The lowest BCUT2D eigenvalue weighted by molar-refractivity contribution is -0.125. The third-order valence-corrected chi connectivity index (χ3v) is 4.38. The average molecular weight is 284 g/mol. The predicted octanol–water partition coefficient (Wildman–Crippen LogP) is -1.03. The smallest absolute Gasteiger partial charge is 0.227 e. The SMILES string of the molecule is CCNC1COCC1C(=O)NCC1CN(C)CCN1C. The van der Waals surface area contributed by atoms with E-state index in [-0.39, 0.29) is 17.9 Å². The van der Waals surface area contributed by atoms with E-state index in [9.17, 15) is 4.79 Å². The van der Waals surface area contributed by atoms with Crippen LogP contribution < -0.4 is 10.6 Å². The first kappa shape index (κ1) is 15.7. The summed E-state index contributed by atoms with van der Waals surface area (Å²) in [5.41, 5.74) is 0. The fourth-order valence-corrected chi connectivity index (χ4v) is 2.95. The number of hydrogen-bond donors (Lipinski definition) is 2. The standard InChI is InChI=1S/C14H28N4O2/c1-4-15-13-10-20-9-12(13)14(19)16-7-11-8-17(2)5-6-18(11)3/h11-13,15H,4-10H2,1-3H3,(H,16,19). The second-order valence-electron chi connectivity index (χ2n) is 5.95. The molecule has 116 valence electrons. The van der Waals surface area contributed by atoms with Crippen molar-refractivity contribution in [2.24, 2.45) is 5.92 Å². The molecule has 2 heterocycles. The molecule has 0 saturated carbocycles. The number of rotatable bonds is 5. The summed E-state index contributed by atoms with van der Waals surface area (Å²) in [6.45, 7) is 7.98. The maximum atomic E-state index is 12.3. The zero-order valence-electron chi connectivity index (χ0n) is 12.9. The molecule has 6 heteroatoms. The molecular weight excluding hydrogens is 256 g/mol. The van der Waals surface area contributed by atoms with Crippen LogP contribution in [-0.2, 0) is 9.53 Å². The van der Waals surface area contributed by atoms with Crippen molar-refractivity contribution in [2.75, 3.05) is 60.0 Å². The van der Waals surface area contributed by atoms with Gasteiger partial charge in [0.05, 0.1) is 19.1 Å². The summed E-state index contributed by atoms with van der Waals surface area (Å²) in [6.07, 6.45) is 0. The van der Waals surface area contributed by atoms with Gasteiger partial charge in [-0.05, 0) is 20.6 Å². The number of piperazine rings is 1. The fraction of sp³-hybridized carbons (Fsp3) is 0.929. The van der Waals surface area contributed by atoms with Crippen LogP contribution in [0.15, 0.2) is 0 Å². The molecule has 0 aromatic rings. The minimum Gasteiger partial charge on any atom is -0.379 e. The van der Waals surface area contributed by atoms with Gasteiger partial charge in [-0.15, -0.1) is 0 Å². The van der Waals surface area contributed by atoms with E-state index in [0.717, 1.165) is 32.7 Å². The number of hydrogen-bond acceptors (Lipinski definition) is 5. The first-order valence-corrected chi connectivity index (χ1v) is 7.59. The summed E-state index contributed by atoms with van der Waals surface area (Å²) in [5.74, 6) is 0.0663. The molecule has 2 fully saturated rings. The maximum Gasteiger partial charge on any atom is 0.227 e. The molecule has 2 rings (SSSR count). The predicted molar refractivity (Wildman–Crippen MR) is 78.7 cm³/mol. The van der Waals surface area contributed by atoms with E-state index in [1.165, 1.54) is 0 Å². The lowest BCUT2D eigenvalue weighted by Crippen LogP contribution is -2.55. The van der Waals surface area contributed by atoms with E-state index >= 15 is 0 Å². The molecule has 3 unspecified atom stereocenters. The molecule has 1 amide bonds. The van der Waals surface area contributed by atoms with Crippen molar-refractivity contribution in [1.29, 1.82) is 0 Å². The van der Waals surface area contributed by atoms with Crippen molar-refractivity contribution in [2.45, 2.75) is 19.0 Å². The Labute approximate surface area is 121 Å². The van der Waals surface area contributed by atoms with Gasteiger partial charge in [0.1, 0.15) is 0 Å². The average Bonchev–Trinajstić information content (AvgIpc) is 2.88. The van der Waals surface area contributed by atoms with Gasteiger partial charge in [-0.1, -0.05) is 6.92 Å². The second kappa shape index (κ2) is 7.36. The van der Waals surface area contributed by atoms with E-state index < -0.39 is 0 Å². The van der Waals surface area contributed by atoms with Gasteiger partial charge >= 0.3 is 0 Å². The Kier molecular flexibility index (Phi) is 5.77. The van der Waals surface area contributed by atoms with Gasteiger partial charge in [-0.3, -0.25) is 9.69 Å². The topological polar surface area (TPSA) is 56.8 Å². The highest BCUT2D eigenvalue weighted by Crippen LogP contribution is 2.14. The number of carbonyl (C=O) groups excluding carboxylic acids is 1. The van der Waals surface area contributed by atoms with Crippen LogP contribution in [0.25, 0.3) is 0 Å². The Morgan fingerprint density at radius 1 is 1.30 bits per heavy atom. The molecule has 0 aromatic carbocycles. The van der Waals surface area contributed by atoms with Gasteiger partial charge < -0.3 is 20.3 Å². The van der Waals surface area contributed by atoms with Crippen LogP contribution in [0.2, 0.25) is 0 Å². The number of amides is 1. The van der Waals surface area contributed by atoms with Crippen LogP contribution in [0, 0.1) is 5.92 Å². The number of nitrogens with zero attached hydrogens (tertiary/aromatic N) is 2. The molecule has 3 atom stereocenters. The molecule has 0 spiro atoms. The monoisotopic (exact) mass is 284 g/mol. The molecule has 20 heavy (non-hydrogen) atoms. The Hall–Kier alpha value is -0.690. The van der Waals surface area contributed by atoms with Crippen molar-refractivity contribution < 1.29 is 9.53 Å². The van der Waals surface area contributed by atoms with Gasteiger partial charge in [0, 0.05) is 38.3 Å². The molecule has 2 saturated heterocycles. The number of likely N-dealkylation sites (N-methyl/N-ethyl adjacent to an activating group) is 3.